The van der Waals surface area contributed by atoms with Crippen molar-refractivity contribution in [1.82, 2.24) is 0 Å². The number of hydrogen-bond donors (Lipinski definition) is 1. The van der Waals surface area contributed by atoms with Gasteiger partial charge in [-0.15, -0.1) is 0 Å². The van der Waals surface area contributed by atoms with E-state index in [2.05, 4.69) is 5.32 Å². The van der Waals surface area contributed by atoms with Crippen molar-refractivity contribution in [2.45, 2.75) is 38.7 Å². The topological polar surface area (TPSA) is 73.9 Å². The number of ether oxygens (including phenoxy) is 3. The van der Waals surface area contributed by atoms with Crippen LogP contribution in [-0.2, 0) is 22.4 Å². The van der Waals surface area contributed by atoms with Crippen LogP contribution in [-0.4, -0.2) is 32.2 Å². The normalized spacial score (nSPS) is 13.8. The summed E-state index contributed by atoms with van der Waals surface area (Å²) in [6.45, 7) is 1.55. The van der Waals surface area contributed by atoms with Crippen LogP contribution in [0.1, 0.15) is 41.3 Å². The molecule has 0 saturated carbocycles. The van der Waals surface area contributed by atoms with Crippen molar-refractivity contribution < 1.29 is 23.8 Å². The van der Waals surface area contributed by atoms with E-state index in [1.165, 1.54) is 24.7 Å². The largest absolute Gasteiger partial charge is 0.493 e. The van der Waals surface area contributed by atoms with Crippen molar-refractivity contribution in [3.8, 4) is 11.5 Å². The molecule has 0 radical (unpaired) electrons. The highest BCUT2D eigenvalue weighted by Crippen LogP contribution is 2.30. The number of nitrogens with one attached hydrogen (secondary N) is 1. The Balaban J connectivity index is 1.63. The quantitative estimate of drug-likeness (QED) is 0.769. The first-order valence-electron chi connectivity index (χ1n) is 9.37. The van der Waals surface area contributed by atoms with Gasteiger partial charge in [-0.3, -0.25) is 4.79 Å². The zero-order valence-electron chi connectivity index (χ0n) is 16.4. The van der Waals surface area contributed by atoms with E-state index in [0.29, 0.717) is 22.7 Å². The van der Waals surface area contributed by atoms with Gasteiger partial charge in [0.1, 0.15) is 0 Å². The number of hydrogen-bond acceptors (Lipinski definition) is 5. The summed E-state index contributed by atoms with van der Waals surface area (Å²) in [6, 6.07) is 10.7. The zero-order chi connectivity index (χ0) is 20.1. The second kappa shape index (κ2) is 8.78. The lowest BCUT2D eigenvalue weighted by Gasteiger charge is -2.17. The maximum absolute atomic E-state index is 12.4. The molecule has 0 aliphatic heterocycles. The van der Waals surface area contributed by atoms with Crippen LogP contribution in [0.25, 0.3) is 0 Å². The predicted octanol–water partition coefficient (Wildman–Crippen LogP) is 3.77. The van der Waals surface area contributed by atoms with Gasteiger partial charge in [-0.2, -0.15) is 0 Å². The molecule has 1 aliphatic carbocycles. The van der Waals surface area contributed by atoms with E-state index in [-0.39, 0.29) is 0 Å². The highest BCUT2D eigenvalue weighted by molar-refractivity contribution is 5.97. The summed E-state index contributed by atoms with van der Waals surface area (Å²) in [4.78, 5) is 24.8. The summed E-state index contributed by atoms with van der Waals surface area (Å²) >= 11 is 0. The minimum Gasteiger partial charge on any atom is -0.493 e. The number of carbonyl (C=O) groups is 2. The van der Waals surface area contributed by atoms with Gasteiger partial charge in [-0.25, -0.2) is 4.79 Å². The van der Waals surface area contributed by atoms with E-state index >= 15 is 0 Å². The summed E-state index contributed by atoms with van der Waals surface area (Å²) in [7, 11) is 3.06. The van der Waals surface area contributed by atoms with E-state index in [9.17, 15) is 9.59 Å². The Morgan fingerprint density at radius 3 is 2.36 bits per heavy atom. The van der Waals surface area contributed by atoms with Crippen LogP contribution in [0.3, 0.4) is 0 Å². The van der Waals surface area contributed by atoms with Crippen LogP contribution >= 0.6 is 0 Å². The monoisotopic (exact) mass is 383 g/mol. The molecule has 1 N–H and O–H groups in total. The molecule has 0 heterocycles. The van der Waals surface area contributed by atoms with Crippen LogP contribution in [0.15, 0.2) is 36.4 Å². The minimum atomic E-state index is -0.934. The number of amides is 1. The van der Waals surface area contributed by atoms with Crippen molar-refractivity contribution in [3.05, 3.63) is 53.1 Å². The van der Waals surface area contributed by atoms with Gasteiger partial charge in [-0.05, 0) is 68.0 Å². The van der Waals surface area contributed by atoms with E-state index in [1.807, 2.05) is 12.1 Å². The molecule has 0 aromatic heterocycles. The predicted molar refractivity (Wildman–Crippen MR) is 106 cm³/mol. The first kappa shape index (κ1) is 19.7. The number of anilines is 1. The SMILES string of the molecule is COc1ccc(NC(=O)[C@H](C)OC(=O)c2ccc3c(c2)CCCC3)cc1OC. The Bertz CT molecular complexity index is 877. The molecule has 148 valence electrons. The Hall–Kier alpha value is -3.02. The molecule has 28 heavy (non-hydrogen) atoms. The molecule has 1 amide bonds. The van der Waals surface area contributed by atoms with Gasteiger partial charge in [0, 0.05) is 11.8 Å². The van der Waals surface area contributed by atoms with Crippen LogP contribution in [0.2, 0.25) is 0 Å². The van der Waals surface area contributed by atoms with Gasteiger partial charge < -0.3 is 19.5 Å². The first-order valence-corrected chi connectivity index (χ1v) is 9.37. The summed E-state index contributed by atoms with van der Waals surface area (Å²) in [6.07, 6.45) is 3.41. The Kier molecular flexibility index (Phi) is 6.19. The molecule has 0 bridgehead atoms. The number of benzene rings is 2. The van der Waals surface area contributed by atoms with E-state index in [0.717, 1.165) is 19.3 Å². The average Bonchev–Trinajstić information content (AvgIpc) is 2.73. The molecule has 1 aliphatic rings. The van der Waals surface area contributed by atoms with Crippen molar-refractivity contribution in [2.24, 2.45) is 0 Å². The van der Waals surface area contributed by atoms with Gasteiger partial charge in [-0.1, -0.05) is 6.07 Å². The Labute approximate surface area is 164 Å². The van der Waals surface area contributed by atoms with Gasteiger partial charge in [0.25, 0.3) is 5.91 Å². The fraction of sp³-hybridized carbons (Fsp3) is 0.364. The maximum atomic E-state index is 12.4. The zero-order valence-corrected chi connectivity index (χ0v) is 16.4. The van der Waals surface area contributed by atoms with E-state index in [1.54, 1.807) is 38.3 Å². The third kappa shape index (κ3) is 4.44. The molecule has 6 nitrogen and oxygen atoms in total. The summed E-state index contributed by atoms with van der Waals surface area (Å²) < 4.78 is 15.8. The number of rotatable bonds is 6. The van der Waals surface area contributed by atoms with Gasteiger partial charge in [0.15, 0.2) is 17.6 Å². The fourth-order valence-electron chi connectivity index (χ4n) is 3.30. The second-order valence-electron chi connectivity index (χ2n) is 6.80. The molecule has 0 spiro atoms. The molecule has 2 aromatic carbocycles. The smallest absolute Gasteiger partial charge is 0.338 e. The van der Waals surface area contributed by atoms with Crippen molar-refractivity contribution >= 4 is 17.6 Å². The number of fused-ring (bicyclic) bond motifs is 1. The minimum absolute atomic E-state index is 0.418. The lowest BCUT2D eigenvalue weighted by molar-refractivity contribution is -0.123. The highest BCUT2D eigenvalue weighted by atomic mass is 16.5. The second-order valence-corrected chi connectivity index (χ2v) is 6.80. The van der Waals surface area contributed by atoms with E-state index < -0.39 is 18.0 Å². The number of esters is 1. The number of aryl methyl sites for hydroxylation is 2. The van der Waals surface area contributed by atoms with Crippen molar-refractivity contribution in [1.29, 1.82) is 0 Å². The molecule has 3 rings (SSSR count). The summed E-state index contributed by atoms with van der Waals surface area (Å²) in [5.41, 5.74) is 3.50. The Morgan fingerprint density at radius 1 is 0.929 bits per heavy atom. The summed E-state index contributed by atoms with van der Waals surface area (Å²) in [5.74, 6) is 0.147. The third-order valence-electron chi connectivity index (χ3n) is 4.89. The lowest BCUT2D eigenvalue weighted by Crippen LogP contribution is -2.30. The van der Waals surface area contributed by atoms with Crippen molar-refractivity contribution in [2.75, 3.05) is 19.5 Å². The van der Waals surface area contributed by atoms with Crippen molar-refractivity contribution in [3.63, 3.8) is 0 Å². The molecular formula is C22H25NO5. The van der Waals surface area contributed by atoms with Gasteiger partial charge in [0.2, 0.25) is 0 Å². The molecule has 2 aromatic rings. The van der Waals surface area contributed by atoms with Crippen LogP contribution in [0.5, 0.6) is 11.5 Å². The molecule has 1 atom stereocenters. The molecular weight excluding hydrogens is 358 g/mol. The maximum Gasteiger partial charge on any atom is 0.338 e. The van der Waals surface area contributed by atoms with Crippen LogP contribution < -0.4 is 14.8 Å². The van der Waals surface area contributed by atoms with Gasteiger partial charge >= 0.3 is 5.97 Å². The standard InChI is InChI=1S/C22H25NO5/c1-14(21(24)23-18-10-11-19(26-2)20(13-18)27-3)28-22(25)17-9-8-15-6-4-5-7-16(15)12-17/h8-14H,4-7H2,1-3H3,(H,23,24)/t14-/m0/s1. The molecule has 0 unspecified atom stereocenters. The van der Waals surface area contributed by atoms with E-state index in [4.69, 9.17) is 14.2 Å². The molecule has 6 heteroatoms. The summed E-state index contributed by atoms with van der Waals surface area (Å²) in [5, 5.41) is 2.72. The third-order valence-corrected chi connectivity index (χ3v) is 4.89. The Morgan fingerprint density at radius 2 is 1.64 bits per heavy atom. The van der Waals surface area contributed by atoms with Crippen LogP contribution in [0.4, 0.5) is 5.69 Å². The van der Waals surface area contributed by atoms with Crippen LogP contribution in [0, 0.1) is 0 Å². The average molecular weight is 383 g/mol. The molecule has 0 fully saturated rings. The van der Waals surface area contributed by atoms with Gasteiger partial charge in [0.05, 0.1) is 19.8 Å². The number of carbonyl (C=O) groups excluding carboxylic acids is 2. The lowest BCUT2D eigenvalue weighted by atomic mass is 9.90. The molecule has 0 saturated heterocycles. The first-order chi connectivity index (χ1) is 13.5. The number of methoxy groups -OCH3 is 2. The fourth-order valence-corrected chi connectivity index (χ4v) is 3.30. The highest BCUT2D eigenvalue weighted by Gasteiger charge is 2.21.